The van der Waals surface area contributed by atoms with Gasteiger partial charge in [0.2, 0.25) is 40.7 Å². The zero-order chi connectivity index (χ0) is 22.0. The van der Waals surface area contributed by atoms with Crippen LogP contribution in [0, 0.1) is 29.1 Å². The van der Waals surface area contributed by atoms with Gasteiger partial charge in [-0.1, -0.05) is 30.3 Å². The van der Waals surface area contributed by atoms with Crippen molar-refractivity contribution in [3.63, 3.8) is 0 Å². The Morgan fingerprint density at radius 3 is 2.10 bits per heavy atom. The van der Waals surface area contributed by atoms with Crippen LogP contribution in [0.15, 0.2) is 30.3 Å². The smallest absolute Gasteiger partial charge is 0.417 e. The molecule has 2 aromatic carbocycles. The van der Waals surface area contributed by atoms with E-state index in [0.717, 1.165) is 0 Å². The van der Waals surface area contributed by atoms with Gasteiger partial charge in [-0.25, -0.2) is 27.7 Å². The molecule has 0 spiro atoms. The summed E-state index contributed by atoms with van der Waals surface area (Å²) in [6.07, 6.45) is -1.80. The third kappa shape index (κ3) is 3.95. The summed E-state index contributed by atoms with van der Waals surface area (Å²) in [5.41, 5.74) is 0.582. The summed E-state index contributed by atoms with van der Waals surface area (Å²) in [7, 11) is 0. The summed E-state index contributed by atoms with van der Waals surface area (Å²) in [5, 5.41) is 0. The maximum absolute atomic E-state index is 13.7. The van der Waals surface area contributed by atoms with Crippen LogP contribution >= 0.6 is 0 Å². The predicted molar refractivity (Wildman–Crippen MR) is 88.4 cm³/mol. The maximum Gasteiger partial charge on any atom is 0.417 e. The normalized spacial score (nSPS) is 16.0. The molecule has 158 valence electrons. The number of likely N-dealkylation sites (tertiary alicyclic amines) is 1. The molecule has 0 radical (unpaired) electrons. The quantitative estimate of drug-likeness (QED) is 0.244. The third-order valence-electron chi connectivity index (χ3n) is 4.26. The molecule has 1 fully saturated rings. The van der Waals surface area contributed by atoms with E-state index < -0.39 is 58.8 Å². The van der Waals surface area contributed by atoms with Crippen LogP contribution in [0.5, 0.6) is 5.75 Å². The first-order valence-corrected chi connectivity index (χ1v) is 8.48. The lowest BCUT2D eigenvalue weighted by atomic mass is 10.2. The second-order valence-corrected chi connectivity index (χ2v) is 6.18. The van der Waals surface area contributed by atoms with Gasteiger partial charge < -0.3 is 9.47 Å². The van der Waals surface area contributed by atoms with Crippen LogP contribution in [0.3, 0.4) is 0 Å². The number of imide groups is 1. The van der Waals surface area contributed by atoms with Gasteiger partial charge in [0.05, 0.1) is 0 Å². The Labute approximate surface area is 165 Å². The molecule has 11 heteroatoms. The lowest BCUT2D eigenvalue weighted by Gasteiger charge is -2.21. The van der Waals surface area contributed by atoms with Gasteiger partial charge >= 0.3 is 12.1 Å². The number of amides is 2. The molecule has 2 aromatic rings. The van der Waals surface area contributed by atoms with Gasteiger partial charge in [-0.05, 0) is 12.0 Å². The van der Waals surface area contributed by atoms with Crippen LogP contribution in [0.25, 0.3) is 0 Å². The Bertz CT molecular complexity index is 985. The fourth-order valence-corrected chi connectivity index (χ4v) is 2.77. The number of hydrogen-bond acceptors (Lipinski definition) is 5. The van der Waals surface area contributed by atoms with E-state index in [4.69, 9.17) is 4.74 Å². The fraction of sp³-hybridized carbons (Fsp3) is 0.211. The first-order valence-electron chi connectivity index (χ1n) is 8.48. The number of halogens is 5. The molecule has 0 bridgehead atoms. The van der Waals surface area contributed by atoms with E-state index in [0.29, 0.717) is 10.5 Å². The number of nitrogens with zero attached hydrogens (tertiary/aromatic N) is 1. The van der Waals surface area contributed by atoms with E-state index in [9.17, 15) is 36.3 Å². The standard InChI is InChI=1S/C19H12F5NO5/c20-12-13(21)15(23)17(16(24)14(12)22)30-18(27)10-6-7-11(26)25(10)19(28)29-8-9-4-2-1-3-5-9/h1-5,10H,6-8H2/t10-/m1/s1. The Balaban J connectivity index is 1.77. The summed E-state index contributed by atoms with van der Waals surface area (Å²) >= 11 is 0. The van der Waals surface area contributed by atoms with Crippen LogP contribution in [0.4, 0.5) is 26.7 Å². The van der Waals surface area contributed by atoms with Crippen LogP contribution < -0.4 is 4.74 Å². The molecule has 0 unspecified atom stereocenters. The van der Waals surface area contributed by atoms with Crippen LogP contribution in [0.1, 0.15) is 18.4 Å². The van der Waals surface area contributed by atoms with Crippen molar-refractivity contribution >= 4 is 18.0 Å². The second-order valence-electron chi connectivity index (χ2n) is 6.18. The molecular formula is C19H12F5NO5. The van der Waals surface area contributed by atoms with E-state index in [1.165, 1.54) is 0 Å². The fourth-order valence-electron chi connectivity index (χ4n) is 2.77. The molecule has 0 aromatic heterocycles. The lowest BCUT2D eigenvalue weighted by Crippen LogP contribution is -2.45. The van der Waals surface area contributed by atoms with Crippen molar-refractivity contribution in [2.45, 2.75) is 25.5 Å². The van der Waals surface area contributed by atoms with Crippen LogP contribution in [-0.2, 0) is 20.9 Å². The molecule has 3 rings (SSSR count). The van der Waals surface area contributed by atoms with Crippen molar-refractivity contribution < 1.29 is 45.8 Å². The Morgan fingerprint density at radius 2 is 1.50 bits per heavy atom. The molecule has 6 nitrogen and oxygen atoms in total. The highest BCUT2D eigenvalue weighted by Crippen LogP contribution is 2.30. The number of carbonyl (C=O) groups is 3. The minimum Gasteiger partial charge on any atom is -0.444 e. The van der Waals surface area contributed by atoms with Crippen LogP contribution in [-0.4, -0.2) is 28.9 Å². The minimum atomic E-state index is -2.42. The van der Waals surface area contributed by atoms with E-state index in [1.54, 1.807) is 30.3 Å². The summed E-state index contributed by atoms with van der Waals surface area (Å²) in [6, 6.07) is 6.68. The number of ether oxygens (including phenoxy) is 2. The van der Waals surface area contributed by atoms with Gasteiger partial charge in [0.1, 0.15) is 12.6 Å². The van der Waals surface area contributed by atoms with Crippen molar-refractivity contribution in [3.05, 3.63) is 65.0 Å². The maximum atomic E-state index is 13.7. The summed E-state index contributed by atoms with van der Waals surface area (Å²) in [4.78, 5) is 36.9. The molecule has 1 heterocycles. The zero-order valence-electron chi connectivity index (χ0n) is 15.0. The number of carbonyl (C=O) groups excluding carboxylic acids is 3. The van der Waals surface area contributed by atoms with E-state index >= 15 is 0 Å². The zero-order valence-corrected chi connectivity index (χ0v) is 15.0. The van der Waals surface area contributed by atoms with Gasteiger partial charge in [-0.3, -0.25) is 4.79 Å². The third-order valence-corrected chi connectivity index (χ3v) is 4.26. The van der Waals surface area contributed by atoms with E-state index in [1.807, 2.05) is 0 Å². The van der Waals surface area contributed by atoms with Gasteiger partial charge in [0.25, 0.3) is 0 Å². The van der Waals surface area contributed by atoms with Crippen molar-refractivity contribution in [2.75, 3.05) is 0 Å². The Morgan fingerprint density at radius 1 is 0.933 bits per heavy atom. The molecule has 1 atom stereocenters. The lowest BCUT2D eigenvalue weighted by molar-refractivity contribution is -0.143. The Hall–Kier alpha value is -3.50. The summed E-state index contributed by atoms with van der Waals surface area (Å²) in [5.74, 6) is -16.0. The van der Waals surface area contributed by atoms with Crippen molar-refractivity contribution in [1.82, 2.24) is 4.90 Å². The first-order chi connectivity index (χ1) is 14.2. The molecular weight excluding hydrogens is 417 g/mol. The molecule has 1 aliphatic rings. The van der Waals surface area contributed by atoms with Gasteiger partial charge in [-0.2, -0.15) is 8.78 Å². The molecule has 0 saturated carbocycles. The largest absolute Gasteiger partial charge is 0.444 e. The predicted octanol–water partition coefficient (Wildman–Crippen LogP) is 3.62. The number of rotatable bonds is 4. The Kier molecular flexibility index (Phi) is 5.99. The van der Waals surface area contributed by atoms with Gasteiger partial charge in [0.15, 0.2) is 0 Å². The van der Waals surface area contributed by atoms with Crippen LogP contribution in [0.2, 0.25) is 0 Å². The molecule has 0 N–H and O–H groups in total. The van der Waals surface area contributed by atoms with Crippen molar-refractivity contribution in [2.24, 2.45) is 0 Å². The molecule has 0 aliphatic carbocycles. The molecule has 1 aliphatic heterocycles. The molecule has 2 amide bonds. The van der Waals surface area contributed by atoms with Crippen molar-refractivity contribution in [1.29, 1.82) is 0 Å². The first kappa shape index (κ1) is 21.2. The average molecular weight is 429 g/mol. The summed E-state index contributed by atoms with van der Waals surface area (Å²) in [6.45, 7) is -0.233. The highest BCUT2D eigenvalue weighted by Gasteiger charge is 2.43. The number of benzene rings is 2. The SMILES string of the molecule is O=C(Oc1c(F)c(F)c(F)c(F)c1F)[C@H]1CCC(=O)N1C(=O)OCc1ccccc1. The average Bonchev–Trinajstić information content (AvgIpc) is 3.14. The summed E-state index contributed by atoms with van der Waals surface area (Å²) < 4.78 is 76.4. The van der Waals surface area contributed by atoms with E-state index in [-0.39, 0.29) is 19.4 Å². The van der Waals surface area contributed by atoms with Gasteiger partial charge in [0, 0.05) is 6.42 Å². The molecule has 30 heavy (non-hydrogen) atoms. The monoisotopic (exact) mass is 429 g/mol. The highest BCUT2D eigenvalue weighted by molar-refractivity contribution is 5.99. The van der Waals surface area contributed by atoms with E-state index in [2.05, 4.69) is 4.74 Å². The topological polar surface area (TPSA) is 72.9 Å². The number of esters is 1. The highest BCUT2D eigenvalue weighted by atomic mass is 19.2. The second kappa shape index (κ2) is 8.47. The van der Waals surface area contributed by atoms with Gasteiger partial charge in [-0.15, -0.1) is 0 Å². The minimum absolute atomic E-state index is 0.233. The molecule has 1 saturated heterocycles. The van der Waals surface area contributed by atoms with Crippen molar-refractivity contribution in [3.8, 4) is 5.75 Å². The number of hydrogen-bond donors (Lipinski definition) is 0.